The Morgan fingerprint density at radius 2 is 1.58 bits per heavy atom. The zero-order valence-electron chi connectivity index (χ0n) is 40.4. The lowest BCUT2D eigenvalue weighted by Crippen LogP contribution is -2.23. The maximum absolute atomic E-state index is 12.9. The number of ether oxygens (including phenoxy) is 1. The molecule has 2 saturated carbocycles. The van der Waals surface area contributed by atoms with Crippen LogP contribution in [-0.4, -0.2) is 114 Å². The van der Waals surface area contributed by atoms with Gasteiger partial charge in [-0.05, 0) is 96.8 Å². The summed E-state index contributed by atoms with van der Waals surface area (Å²) in [7, 11) is -4.38. The highest BCUT2D eigenvalue weighted by molar-refractivity contribution is 7.98. The molecule has 6 aromatic heterocycles. The Kier molecular flexibility index (Phi) is 14.4. The number of nitrogen functional groups attached to an aromatic ring is 1. The van der Waals surface area contributed by atoms with E-state index in [1.807, 2.05) is 29.2 Å². The Hall–Kier alpha value is -5.64. The predicted octanol–water partition coefficient (Wildman–Crippen LogP) is 6.84. The van der Waals surface area contributed by atoms with Gasteiger partial charge in [0.25, 0.3) is 5.91 Å². The number of hydrogen-bond acceptors (Lipinski definition) is 13. The summed E-state index contributed by atoms with van der Waals surface area (Å²) in [6.45, 7) is 12.6. The third-order valence-corrected chi connectivity index (χ3v) is 17.2. The van der Waals surface area contributed by atoms with Gasteiger partial charge in [0, 0.05) is 86.4 Å². The summed E-state index contributed by atoms with van der Waals surface area (Å²) in [6.07, 6.45) is 22.9. The van der Waals surface area contributed by atoms with Crippen LogP contribution in [0.4, 0.5) is 11.4 Å². The number of amides is 1. The van der Waals surface area contributed by atoms with Crippen molar-refractivity contribution in [1.82, 2.24) is 49.5 Å². The van der Waals surface area contributed by atoms with Gasteiger partial charge in [0.05, 0.1) is 41.6 Å². The number of aromatic amines is 1. The summed E-state index contributed by atoms with van der Waals surface area (Å²) in [5.74, 6) is 0.892. The van der Waals surface area contributed by atoms with Gasteiger partial charge in [0.2, 0.25) is 0 Å². The molecule has 6 aromatic rings. The summed E-state index contributed by atoms with van der Waals surface area (Å²) < 4.78 is 35.0. The van der Waals surface area contributed by atoms with E-state index in [0.29, 0.717) is 46.5 Å². The third kappa shape index (κ3) is 12.0. The van der Waals surface area contributed by atoms with Crippen molar-refractivity contribution in [2.45, 2.75) is 96.9 Å². The smallest absolute Gasteiger partial charge is 0.356 e. The van der Waals surface area contributed by atoms with Gasteiger partial charge >= 0.3 is 5.97 Å². The molecule has 368 valence electrons. The molecule has 6 heterocycles. The number of thioether (sulfide) groups is 1. The molecule has 6 unspecified atom stereocenters. The number of aromatic carboxylic acids is 1. The van der Waals surface area contributed by atoms with Crippen molar-refractivity contribution in [3.8, 4) is 0 Å². The zero-order chi connectivity index (χ0) is 49.3. The second kappa shape index (κ2) is 20.0. The quantitative estimate of drug-likeness (QED) is 0.0573. The molecule has 5 N–H and O–H groups in total. The van der Waals surface area contributed by atoms with E-state index in [-0.39, 0.29) is 23.4 Å². The van der Waals surface area contributed by atoms with Crippen LogP contribution in [0, 0.1) is 22.7 Å². The maximum atomic E-state index is 12.9. The number of rotatable bonds is 16. The minimum atomic E-state index is -3.28. The van der Waals surface area contributed by atoms with E-state index in [4.69, 9.17) is 10.5 Å². The highest BCUT2D eigenvalue weighted by Gasteiger charge is 2.55. The molecule has 1 amide bonds. The number of carbonyl (C=O) groups excluding carboxylic acids is 1. The SMILES string of the molecule is CC12Cc3[nH]nc(C(=O)Nc4cnn(C(CS(C)(=O)=O)c5cccnc5)c4)c3CC1C2.CC12Cc3c(c(C(=O)O)nn3COCC[Si](C)(C)C)CC1C2.CSCC(c1cccnc1)n1cc(N)cn1. The molecule has 0 bridgehead atoms. The van der Waals surface area contributed by atoms with Gasteiger partial charge in [-0.15, -0.1) is 0 Å². The third-order valence-electron chi connectivity index (χ3n) is 13.9. The van der Waals surface area contributed by atoms with Crippen molar-refractivity contribution >= 4 is 52.9 Å². The van der Waals surface area contributed by atoms with Crippen LogP contribution in [0.25, 0.3) is 0 Å². The normalized spacial score (nSPS) is 21.7. The lowest BCUT2D eigenvalue weighted by molar-refractivity contribution is 0.0667. The zero-order valence-corrected chi connectivity index (χ0v) is 43.1. The second-order valence-electron chi connectivity index (χ2n) is 20.9. The van der Waals surface area contributed by atoms with Crippen LogP contribution in [-0.2, 0) is 47.0 Å². The summed E-state index contributed by atoms with van der Waals surface area (Å²) in [6, 6.07) is 8.33. The van der Waals surface area contributed by atoms with Crippen LogP contribution < -0.4 is 11.1 Å². The van der Waals surface area contributed by atoms with E-state index >= 15 is 0 Å². The van der Waals surface area contributed by atoms with Crippen LogP contribution in [0.2, 0.25) is 25.7 Å². The van der Waals surface area contributed by atoms with Crippen molar-refractivity contribution < 1.29 is 27.9 Å². The number of anilines is 2. The van der Waals surface area contributed by atoms with Gasteiger partial charge in [-0.25, -0.2) is 17.9 Å². The van der Waals surface area contributed by atoms with Gasteiger partial charge in [-0.3, -0.25) is 29.2 Å². The molecule has 0 aromatic carbocycles. The lowest BCUT2D eigenvalue weighted by atomic mass is 9.87. The fourth-order valence-corrected chi connectivity index (χ4v) is 11.9. The van der Waals surface area contributed by atoms with Crippen molar-refractivity contribution in [3.63, 3.8) is 0 Å². The molecule has 21 heteroatoms. The number of nitrogens with one attached hydrogen (secondary N) is 2. The van der Waals surface area contributed by atoms with Crippen molar-refractivity contribution in [1.29, 1.82) is 0 Å². The average Bonchev–Trinajstić information content (AvgIpc) is 3.67. The largest absolute Gasteiger partial charge is 0.476 e. The van der Waals surface area contributed by atoms with Crippen LogP contribution in [0.1, 0.15) is 93.4 Å². The molecule has 0 aliphatic heterocycles. The van der Waals surface area contributed by atoms with Crippen LogP contribution in [0.5, 0.6) is 0 Å². The van der Waals surface area contributed by atoms with E-state index in [1.165, 1.54) is 25.3 Å². The van der Waals surface area contributed by atoms with E-state index < -0.39 is 29.9 Å². The average molecular weight is 997 g/mol. The first-order valence-electron chi connectivity index (χ1n) is 23.3. The van der Waals surface area contributed by atoms with Crippen LogP contribution >= 0.6 is 11.8 Å². The highest BCUT2D eigenvalue weighted by Crippen LogP contribution is 2.60. The van der Waals surface area contributed by atoms with Gasteiger partial charge in [-0.1, -0.05) is 45.6 Å². The molecule has 4 aliphatic rings. The molecule has 0 spiro atoms. The Morgan fingerprint density at radius 3 is 2.17 bits per heavy atom. The van der Waals surface area contributed by atoms with Crippen LogP contribution in [0.3, 0.4) is 0 Å². The maximum Gasteiger partial charge on any atom is 0.356 e. The lowest BCUT2D eigenvalue weighted by Gasteiger charge is -2.20. The van der Waals surface area contributed by atoms with E-state index in [0.717, 1.165) is 77.7 Å². The van der Waals surface area contributed by atoms with Gasteiger partial charge in [0.1, 0.15) is 16.6 Å². The second-order valence-corrected chi connectivity index (χ2v) is 29.6. The number of nitrogens with two attached hydrogens (primary N) is 1. The number of aromatic nitrogens is 10. The molecule has 0 radical (unpaired) electrons. The molecule has 10 rings (SSSR count). The molecule has 6 atom stereocenters. The number of carboxylic acids is 1. The van der Waals surface area contributed by atoms with Crippen molar-refractivity contribution in [2.75, 3.05) is 41.7 Å². The standard InChI is InChI=1S/C21H24N6O3S.C16H26N2O3Si.C11H14N4S/c1-21-7-14(21)6-16-17(8-21)25-26-19(16)20(28)24-15-10-23-27(11-15)18(12-31(2,29)30)13-4-3-5-22-9-13;1-16-8-11(16)7-12-13(9-16)18(17-14(12)15(19)20)10-21-5-6-22(2,3)4;1-16-8-11(9-3-2-4-13-5-9)15-7-10(12)6-14-15/h3-5,9-11,14,18H,6-8,12H2,1-2H3,(H,24,28)(H,25,26);11H,5-10H2,1-4H3,(H,19,20);2-7,11H,8,12H2,1H3. The molecular weight excluding hydrogens is 933 g/mol. The van der Waals surface area contributed by atoms with Gasteiger partial charge < -0.3 is 20.9 Å². The van der Waals surface area contributed by atoms with Gasteiger partial charge in [-0.2, -0.15) is 32.2 Å². The number of nitrogens with zero attached hydrogens (tertiary/aromatic N) is 9. The topological polar surface area (TPSA) is 244 Å². The first-order valence-corrected chi connectivity index (χ1v) is 30.5. The fourth-order valence-electron chi connectivity index (χ4n) is 9.59. The summed E-state index contributed by atoms with van der Waals surface area (Å²) in [4.78, 5) is 32.6. The minimum Gasteiger partial charge on any atom is -0.476 e. The molecule has 0 saturated heterocycles. The van der Waals surface area contributed by atoms with Crippen LogP contribution in [0.15, 0.2) is 73.8 Å². The minimum absolute atomic E-state index is 0.124. The van der Waals surface area contributed by atoms with Crippen molar-refractivity contribution in [2.24, 2.45) is 22.7 Å². The fraction of sp³-hybridized carbons (Fsp3) is 0.500. The highest BCUT2D eigenvalue weighted by atomic mass is 32.2. The number of hydrogen-bond donors (Lipinski definition) is 4. The number of carbonyl (C=O) groups is 2. The van der Waals surface area contributed by atoms with Crippen molar-refractivity contribution in [3.05, 3.63) is 119 Å². The molecule has 4 aliphatic carbocycles. The number of fused-ring (bicyclic) bond motifs is 4. The molecule has 2 fully saturated rings. The van der Waals surface area contributed by atoms with E-state index in [1.54, 1.807) is 58.2 Å². The Morgan fingerprint density at radius 1 is 0.942 bits per heavy atom. The first kappa shape index (κ1) is 49.8. The monoisotopic (exact) mass is 996 g/mol. The summed E-state index contributed by atoms with van der Waals surface area (Å²) in [5, 5.41) is 32.4. The van der Waals surface area contributed by atoms with E-state index in [2.05, 4.69) is 86.6 Å². The Bertz CT molecular complexity index is 2880. The Labute approximate surface area is 408 Å². The molecular formula is C48H64N12O6S2Si. The molecule has 18 nitrogen and oxygen atoms in total. The summed E-state index contributed by atoms with van der Waals surface area (Å²) in [5.41, 5.74) is 14.2. The predicted molar refractivity (Wildman–Crippen MR) is 269 cm³/mol. The number of pyridine rings is 2. The first-order chi connectivity index (χ1) is 32.7. The van der Waals surface area contributed by atoms with E-state index in [9.17, 15) is 23.1 Å². The summed E-state index contributed by atoms with van der Waals surface area (Å²) >= 11 is 1.78. The number of carboxylic acid groups (broad SMARTS) is 1. The number of sulfone groups is 1. The number of H-pyrrole nitrogens is 1. The Balaban J connectivity index is 0.000000148. The van der Waals surface area contributed by atoms with Gasteiger partial charge in [0.15, 0.2) is 11.4 Å². The molecule has 69 heavy (non-hydrogen) atoms.